The molecule has 1 aliphatic rings. The van der Waals surface area contributed by atoms with Gasteiger partial charge in [0.25, 0.3) is 0 Å². The highest BCUT2D eigenvalue weighted by Crippen LogP contribution is 2.31. The molecule has 1 heteroatoms. The van der Waals surface area contributed by atoms with Crippen molar-refractivity contribution >= 4 is 11.4 Å². The maximum atomic E-state index is 3.44. The smallest absolute Gasteiger partial charge is 0.0420 e. The molecule has 0 aliphatic carbocycles. The Morgan fingerprint density at radius 2 is 1.06 bits per heavy atom. The van der Waals surface area contributed by atoms with Crippen LogP contribution in [0, 0.1) is 0 Å². The standard InChI is InChI=1S/C13H11N.2C2H6/c1-3-7-12-10(5-1)9-11-6-2-4-8-13(11)14-12;2*1-2/h1-8,14H,9H2;2*1-2H3. The van der Waals surface area contributed by atoms with Crippen LogP contribution in [0.3, 0.4) is 0 Å². The lowest BCUT2D eigenvalue weighted by Crippen LogP contribution is -2.05. The van der Waals surface area contributed by atoms with Crippen LogP contribution < -0.4 is 5.32 Å². The zero-order chi connectivity index (χ0) is 13.4. The molecule has 2 aromatic carbocycles. The minimum absolute atomic E-state index is 1.04. The number of rotatable bonds is 0. The second kappa shape index (κ2) is 7.54. The maximum absolute atomic E-state index is 3.44. The van der Waals surface area contributed by atoms with E-state index in [1.165, 1.54) is 22.5 Å². The summed E-state index contributed by atoms with van der Waals surface area (Å²) in [6.45, 7) is 8.00. The summed E-state index contributed by atoms with van der Waals surface area (Å²) in [6, 6.07) is 16.9. The van der Waals surface area contributed by atoms with Gasteiger partial charge in [0.05, 0.1) is 0 Å². The molecular weight excluding hydrogens is 218 g/mol. The Hall–Kier alpha value is -1.76. The molecule has 0 saturated carbocycles. The molecule has 0 saturated heterocycles. The minimum Gasteiger partial charge on any atom is -0.355 e. The van der Waals surface area contributed by atoms with Gasteiger partial charge in [-0.2, -0.15) is 0 Å². The Bertz CT molecular complexity index is 387. The first-order valence-electron chi connectivity index (χ1n) is 6.86. The van der Waals surface area contributed by atoms with Gasteiger partial charge in [0.15, 0.2) is 0 Å². The highest BCUT2D eigenvalue weighted by Gasteiger charge is 2.12. The van der Waals surface area contributed by atoms with E-state index >= 15 is 0 Å². The van der Waals surface area contributed by atoms with E-state index in [2.05, 4.69) is 53.8 Å². The van der Waals surface area contributed by atoms with E-state index in [0.717, 1.165) is 6.42 Å². The van der Waals surface area contributed by atoms with Crippen molar-refractivity contribution in [3.8, 4) is 0 Å². The van der Waals surface area contributed by atoms with Crippen LogP contribution in [0.4, 0.5) is 11.4 Å². The van der Waals surface area contributed by atoms with Crippen LogP contribution in [0.15, 0.2) is 48.5 Å². The Labute approximate surface area is 111 Å². The third kappa shape index (κ3) is 3.13. The largest absolute Gasteiger partial charge is 0.355 e. The van der Waals surface area contributed by atoms with E-state index in [4.69, 9.17) is 0 Å². The first-order chi connectivity index (χ1) is 8.93. The molecule has 1 heterocycles. The van der Waals surface area contributed by atoms with Crippen molar-refractivity contribution in [3.63, 3.8) is 0 Å². The van der Waals surface area contributed by atoms with Crippen LogP contribution >= 0.6 is 0 Å². The van der Waals surface area contributed by atoms with Crippen molar-refractivity contribution in [3.05, 3.63) is 59.7 Å². The zero-order valence-electron chi connectivity index (χ0n) is 11.8. The van der Waals surface area contributed by atoms with E-state index < -0.39 is 0 Å². The number of para-hydroxylation sites is 2. The van der Waals surface area contributed by atoms with E-state index in [1.807, 2.05) is 27.7 Å². The van der Waals surface area contributed by atoms with E-state index in [1.54, 1.807) is 0 Å². The number of anilines is 2. The molecule has 0 amide bonds. The quantitative estimate of drug-likeness (QED) is 0.556. The van der Waals surface area contributed by atoms with Crippen LogP contribution in [-0.4, -0.2) is 0 Å². The first-order valence-corrected chi connectivity index (χ1v) is 6.86. The molecule has 96 valence electrons. The highest BCUT2D eigenvalue weighted by molar-refractivity contribution is 5.71. The van der Waals surface area contributed by atoms with Gasteiger partial charge in [0.2, 0.25) is 0 Å². The summed E-state index contributed by atoms with van der Waals surface area (Å²) < 4.78 is 0. The van der Waals surface area contributed by atoms with E-state index in [0.29, 0.717) is 0 Å². The predicted octanol–water partition coefficient (Wildman–Crippen LogP) is 5.39. The average Bonchev–Trinajstić information content (AvgIpc) is 2.49. The number of hydrogen-bond acceptors (Lipinski definition) is 1. The van der Waals surface area contributed by atoms with Crippen LogP contribution in [0.2, 0.25) is 0 Å². The number of hydrogen-bond donors (Lipinski definition) is 1. The Kier molecular flexibility index (Phi) is 5.99. The summed E-state index contributed by atoms with van der Waals surface area (Å²) in [6.07, 6.45) is 1.04. The molecule has 3 rings (SSSR count). The normalized spacial score (nSPS) is 10.4. The Balaban J connectivity index is 0.000000371. The van der Waals surface area contributed by atoms with Crippen LogP contribution in [0.1, 0.15) is 38.8 Å². The molecule has 0 bridgehead atoms. The molecule has 18 heavy (non-hydrogen) atoms. The molecule has 0 fully saturated rings. The summed E-state index contributed by atoms with van der Waals surface area (Å²) in [5.41, 5.74) is 5.25. The van der Waals surface area contributed by atoms with E-state index in [-0.39, 0.29) is 0 Å². The van der Waals surface area contributed by atoms with Gasteiger partial charge in [-0.3, -0.25) is 0 Å². The topological polar surface area (TPSA) is 12.0 Å². The van der Waals surface area contributed by atoms with Gasteiger partial charge in [0.1, 0.15) is 0 Å². The lowest BCUT2D eigenvalue weighted by molar-refractivity contribution is 1.16. The molecule has 0 aromatic heterocycles. The first kappa shape index (κ1) is 14.3. The fourth-order valence-corrected chi connectivity index (χ4v) is 1.94. The van der Waals surface area contributed by atoms with Crippen molar-refractivity contribution in [2.75, 3.05) is 5.32 Å². The van der Waals surface area contributed by atoms with Gasteiger partial charge in [-0.25, -0.2) is 0 Å². The molecule has 2 aromatic rings. The van der Waals surface area contributed by atoms with Crippen LogP contribution in [0.25, 0.3) is 0 Å². The third-order valence-corrected chi connectivity index (χ3v) is 2.68. The van der Waals surface area contributed by atoms with Crippen molar-refractivity contribution in [2.24, 2.45) is 0 Å². The van der Waals surface area contributed by atoms with Crippen LogP contribution in [-0.2, 0) is 6.42 Å². The molecule has 1 N–H and O–H groups in total. The average molecular weight is 241 g/mol. The molecular formula is C17H23N. The fourth-order valence-electron chi connectivity index (χ4n) is 1.94. The molecule has 0 spiro atoms. The van der Waals surface area contributed by atoms with Crippen LogP contribution in [0.5, 0.6) is 0 Å². The van der Waals surface area contributed by atoms with Gasteiger partial charge in [-0.15, -0.1) is 0 Å². The second-order valence-corrected chi connectivity index (χ2v) is 3.62. The highest BCUT2D eigenvalue weighted by atomic mass is 14.9. The summed E-state index contributed by atoms with van der Waals surface area (Å²) in [5, 5.41) is 3.44. The van der Waals surface area contributed by atoms with Crippen molar-refractivity contribution in [2.45, 2.75) is 34.1 Å². The second-order valence-electron chi connectivity index (χ2n) is 3.62. The molecule has 1 aliphatic heterocycles. The lowest BCUT2D eigenvalue weighted by atomic mass is 9.98. The summed E-state index contributed by atoms with van der Waals surface area (Å²) in [7, 11) is 0. The molecule has 1 nitrogen and oxygen atoms in total. The zero-order valence-corrected chi connectivity index (χ0v) is 11.8. The Morgan fingerprint density at radius 3 is 1.50 bits per heavy atom. The number of benzene rings is 2. The van der Waals surface area contributed by atoms with Crippen molar-refractivity contribution in [1.29, 1.82) is 0 Å². The van der Waals surface area contributed by atoms with Gasteiger partial charge in [-0.1, -0.05) is 64.1 Å². The molecule has 0 unspecified atom stereocenters. The van der Waals surface area contributed by atoms with Gasteiger partial charge in [-0.05, 0) is 23.3 Å². The predicted molar refractivity (Wildman–Crippen MR) is 81.7 cm³/mol. The maximum Gasteiger partial charge on any atom is 0.0420 e. The van der Waals surface area contributed by atoms with Crippen molar-refractivity contribution < 1.29 is 0 Å². The monoisotopic (exact) mass is 241 g/mol. The number of fused-ring (bicyclic) bond motifs is 2. The number of nitrogens with one attached hydrogen (secondary N) is 1. The van der Waals surface area contributed by atoms with E-state index in [9.17, 15) is 0 Å². The molecule has 0 atom stereocenters. The van der Waals surface area contributed by atoms with Gasteiger partial charge in [0, 0.05) is 17.8 Å². The Morgan fingerprint density at radius 1 is 0.667 bits per heavy atom. The van der Waals surface area contributed by atoms with Crippen molar-refractivity contribution in [1.82, 2.24) is 0 Å². The minimum atomic E-state index is 1.04. The fraction of sp³-hybridized carbons (Fsp3) is 0.294. The molecule has 0 radical (unpaired) electrons. The summed E-state index contributed by atoms with van der Waals surface area (Å²) >= 11 is 0. The van der Waals surface area contributed by atoms with Gasteiger partial charge < -0.3 is 5.32 Å². The SMILES string of the molecule is CC.CC.c1ccc2c(c1)Cc1ccccc1N2. The summed E-state index contributed by atoms with van der Waals surface area (Å²) in [4.78, 5) is 0. The third-order valence-electron chi connectivity index (χ3n) is 2.68. The summed E-state index contributed by atoms with van der Waals surface area (Å²) in [5.74, 6) is 0. The van der Waals surface area contributed by atoms with Gasteiger partial charge >= 0.3 is 0 Å². The lowest BCUT2D eigenvalue weighted by Gasteiger charge is -2.20.